The largest absolute Gasteiger partial charge is 1.00 e. The fourth-order valence-electron chi connectivity index (χ4n) is 2.81. The fourth-order valence-corrected chi connectivity index (χ4v) is 2.81. The third-order valence-electron chi connectivity index (χ3n) is 4.20. The molecule has 0 amide bonds. The Balaban J connectivity index is 0.00000242. The molecule has 122 valence electrons. The van der Waals surface area contributed by atoms with Gasteiger partial charge in [-0.15, -0.1) is 0 Å². The molecule has 0 spiro atoms. The molecule has 22 heavy (non-hydrogen) atoms. The monoisotopic (exact) mass is 323 g/mol. The molecular formula is C18H26ClNO2. The number of hydrogen-bond acceptors (Lipinski definition) is 2. The second-order valence-corrected chi connectivity index (χ2v) is 5.89. The Morgan fingerprint density at radius 1 is 1.27 bits per heavy atom. The fraction of sp³-hybridized carbons (Fsp3) is 0.500. The van der Waals surface area contributed by atoms with Gasteiger partial charge in [0.05, 0.1) is 13.0 Å². The van der Waals surface area contributed by atoms with Crippen LogP contribution in [0.15, 0.2) is 42.0 Å². The van der Waals surface area contributed by atoms with E-state index in [0.29, 0.717) is 6.42 Å². The van der Waals surface area contributed by atoms with Gasteiger partial charge in [-0.1, -0.05) is 36.4 Å². The van der Waals surface area contributed by atoms with E-state index in [2.05, 4.69) is 11.4 Å². The summed E-state index contributed by atoms with van der Waals surface area (Å²) in [7, 11) is 0. The van der Waals surface area contributed by atoms with Gasteiger partial charge in [0.25, 0.3) is 0 Å². The van der Waals surface area contributed by atoms with Gasteiger partial charge in [-0.2, -0.15) is 0 Å². The van der Waals surface area contributed by atoms with Crippen LogP contribution in [-0.4, -0.2) is 23.5 Å². The molecule has 0 saturated heterocycles. The highest BCUT2D eigenvalue weighted by atomic mass is 35.5. The SMILES string of the molecule is CC([NH2+]CCC(=O)C1=CCCCC1)C(O)c1ccccc1.[Cl-]. The molecule has 1 aromatic carbocycles. The predicted molar refractivity (Wildman–Crippen MR) is 83.8 cm³/mol. The zero-order chi connectivity index (χ0) is 15.1. The maximum Gasteiger partial charge on any atom is 0.164 e. The molecule has 2 rings (SSSR count). The molecule has 4 heteroatoms. The summed E-state index contributed by atoms with van der Waals surface area (Å²) in [5, 5.41) is 12.3. The molecule has 0 aliphatic heterocycles. The number of carbonyl (C=O) groups is 1. The molecule has 0 aromatic heterocycles. The smallest absolute Gasteiger partial charge is 0.164 e. The summed E-state index contributed by atoms with van der Waals surface area (Å²) in [6, 6.07) is 9.75. The molecule has 0 radical (unpaired) electrons. The molecule has 0 bridgehead atoms. The van der Waals surface area contributed by atoms with Crippen molar-refractivity contribution in [3.05, 3.63) is 47.5 Å². The van der Waals surface area contributed by atoms with Gasteiger partial charge in [0.1, 0.15) is 12.1 Å². The maximum absolute atomic E-state index is 12.1. The molecule has 3 N–H and O–H groups in total. The summed E-state index contributed by atoms with van der Waals surface area (Å²) in [5.41, 5.74) is 1.95. The van der Waals surface area contributed by atoms with Crippen molar-refractivity contribution in [3.63, 3.8) is 0 Å². The summed E-state index contributed by atoms with van der Waals surface area (Å²) >= 11 is 0. The van der Waals surface area contributed by atoms with Crippen molar-refractivity contribution in [3.8, 4) is 0 Å². The Kier molecular flexibility index (Phi) is 8.39. The summed E-state index contributed by atoms with van der Waals surface area (Å²) in [5.74, 6) is 0.285. The van der Waals surface area contributed by atoms with E-state index < -0.39 is 6.10 Å². The standard InChI is InChI=1S/C18H25NO2.ClH/c1-14(18(21)16-10-6-3-7-11-16)19-13-12-17(20)15-8-4-2-5-9-15;/h3,6-8,10-11,14,18-19,21H,2,4-5,9,12-13H2,1H3;1H. The minimum absolute atomic E-state index is 0. The number of aliphatic hydroxyl groups is 1. The Bertz CT molecular complexity index is 487. The molecule has 2 atom stereocenters. The number of aliphatic hydroxyl groups excluding tert-OH is 1. The Hall–Kier alpha value is -1.16. The number of quaternary nitrogens is 1. The minimum atomic E-state index is -0.491. The minimum Gasteiger partial charge on any atom is -1.00 e. The maximum atomic E-state index is 12.1. The number of ketones is 1. The lowest BCUT2D eigenvalue weighted by Crippen LogP contribution is -3.00. The van der Waals surface area contributed by atoms with Crippen molar-refractivity contribution >= 4 is 5.78 Å². The molecule has 1 aliphatic rings. The molecule has 1 aromatic rings. The van der Waals surface area contributed by atoms with Crippen LogP contribution in [0.4, 0.5) is 0 Å². The van der Waals surface area contributed by atoms with Crippen molar-refractivity contribution in [1.29, 1.82) is 0 Å². The molecule has 3 nitrogen and oxygen atoms in total. The molecule has 0 heterocycles. The zero-order valence-electron chi connectivity index (χ0n) is 13.2. The Morgan fingerprint density at radius 3 is 2.64 bits per heavy atom. The van der Waals surface area contributed by atoms with Crippen LogP contribution >= 0.6 is 0 Å². The summed E-state index contributed by atoms with van der Waals surface area (Å²) in [6.45, 7) is 2.74. The van der Waals surface area contributed by atoms with E-state index in [4.69, 9.17) is 0 Å². The number of carbonyl (C=O) groups excluding carboxylic acids is 1. The second-order valence-electron chi connectivity index (χ2n) is 5.89. The van der Waals surface area contributed by atoms with Gasteiger partial charge in [0, 0.05) is 0 Å². The first kappa shape index (κ1) is 18.9. The average molecular weight is 324 g/mol. The lowest BCUT2D eigenvalue weighted by Gasteiger charge is -2.18. The quantitative estimate of drug-likeness (QED) is 0.686. The van der Waals surface area contributed by atoms with Crippen molar-refractivity contribution in [2.45, 2.75) is 51.2 Å². The third-order valence-corrected chi connectivity index (χ3v) is 4.20. The van der Waals surface area contributed by atoms with Gasteiger partial charge in [0.2, 0.25) is 0 Å². The first-order valence-corrected chi connectivity index (χ1v) is 7.97. The van der Waals surface area contributed by atoms with Crippen LogP contribution in [0.3, 0.4) is 0 Å². The third kappa shape index (κ3) is 5.56. The average Bonchev–Trinajstić information content (AvgIpc) is 2.55. The van der Waals surface area contributed by atoms with Crippen LogP contribution in [0.25, 0.3) is 0 Å². The molecule has 2 unspecified atom stereocenters. The van der Waals surface area contributed by atoms with Crippen LogP contribution in [0.2, 0.25) is 0 Å². The topological polar surface area (TPSA) is 53.9 Å². The molecule has 0 fully saturated rings. The van der Waals surface area contributed by atoms with Crippen LogP contribution < -0.4 is 17.7 Å². The Labute approximate surface area is 139 Å². The highest BCUT2D eigenvalue weighted by Crippen LogP contribution is 2.18. The second kappa shape index (κ2) is 9.78. The summed E-state index contributed by atoms with van der Waals surface area (Å²) in [4.78, 5) is 12.1. The van der Waals surface area contributed by atoms with E-state index in [1.165, 1.54) is 6.42 Å². The van der Waals surface area contributed by atoms with E-state index in [-0.39, 0.29) is 24.2 Å². The highest BCUT2D eigenvalue weighted by molar-refractivity contribution is 5.95. The van der Waals surface area contributed by atoms with E-state index in [1.807, 2.05) is 37.3 Å². The predicted octanol–water partition coefficient (Wildman–Crippen LogP) is -0.864. The summed E-state index contributed by atoms with van der Waals surface area (Å²) < 4.78 is 0. The van der Waals surface area contributed by atoms with Gasteiger partial charge < -0.3 is 22.8 Å². The number of rotatable bonds is 7. The van der Waals surface area contributed by atoms with Crippen molar-refractivity contribution in [2.75, 3.05) is 6.54 Å². The van der Waals surface area contributed by atoms with Crippen LogP contribution in [0.5, 0.6) is 0 Å². The number of Topliss-reactive ketones (excluding diaryl/α,β-unsaturated/α-hetero) is 1. The van der Waals surface area contributed by atoms with Crippen LogP contribution in [0.1, 0.15) is 50.7 Å². The van der Waals surface area contributed by atoms with Gasteiger partial charge in [-0.3, -0.25) is 4.79 Å². The highest BCUT2D eigenvalue weighted by Gasteiger charge is 2.19. The number of hydrogen-bond donors (Lipinski definition) is 2. The van der Waals surface area contributed by atoms with Gasteiger partial charge in [-0.25, -0.2) is 0 Å². The first-order chi connectivity index (χ1) is 10.2. The van der Waals surface area contributed by atoms with Gasteiger partial charge >= 0.3 is 0 Å². The van der Waals surface area contributed by atoms with E-state index in [9.17, 15) is 9.90 Å². The van der Waals surface area contributed by atoms with Crippen molar-refractivity contribution in [1.82, 2.24) is 0 Å². The van der Waals surface area contributed by atoms with Crippen molar-refractivity contribution < 1.29 is 27.6 Å². The van der Waals surface area contributed by atoms with E-state index in [1.54, 1.807) is 0 Å². The summed E-state index contributed by atoms with van der Waals surface area (Å²) in [6.07, 6.45) is 6.53. The van der Waals surface area contributed by atoms with E-state index in [0.717, 1.165) is 36.9 Å². The van der Waals surface area contributed by atoms with Crippen LogP contribution in [0, 0.1) is 0 Å². The molecular weight excluding hydrogens is 298 g/mol. The number of allylic oxidation sites excluding steroid dienone is 2. The molecule has 1 aliphatic carbocycles. The zero-order valence-corrected chi connectivity index (χ0v) is 13.9. The lowest BCUT2D eigenvalue weighted by molar-refractivity contribution is -0.693. The number of benzene rings is 1. The Morgan fingerprint density at radius 2 is 2.00 bits per heavy atom. The van der Waals surface area contributed by atoms with E-state index >= 15 is 0 Å². The number of halogens is 1. The molecule has 0 saturated carbocycles. The van der Waals surface area contributed by atoms with Gasteiger partial charge in [-0.05, 0) is 43.7 Å². The lowest BCUT2D eigenvalue weighted by atomic mass is 9.95. The van der Waals surface area contributed by atoms with Gasteiger partial charge in [0.15, 0.2) is 5.78 Å². The van der Waals surface area contributed by atoms with Crippen molar-refractivity contribution in [2.24, 2.45) is 0 Å². The number of nitrogens with two attached hydrogens (primary N) is 1. The normalized spacial score (nSPS) is 17.1. The van der Waals surface area contributed by atoms with Crippen LogP contribution in [-0.2, 0) is 4.79 Å². The first-order valence-electron chi connectivity index (χ1n) is 7.97.